The molecule has 0 saturated carbocycles. The van der Waals surface area contributed by atoms with E-state index in [-0.39, 0.29) is 23.0 Å². The standard InChI is InChI=1S/C20H19F2N3O2S.ClH/c21-14-11-15(22)13-16(12-14)24-28(26,27)20-6-5-19(25-9-7-23-8-10-25)17-3-1-2-4-18(17)20;/h1-6,11-13,23-24H,7-10H2;1H. The SMILES string of the molecule is Cl.O=S(=O)(Nc1cc(F)cc(F)c1)c1ccc(N2CCNCC2)c2ccccc12. The Morgan fingerprint density at radius 1 is 0.897 bits per heavy atom. The molecule has 0 atom stereocenters. The molecule has 154 valence electrons. The zero-order valence-corrected chi connectivity index (χ0v) is 17.0. The van der Waals surface area contributed by atoms with Crippen LogP contribution in [0.3, 0.4) is 0 Å². The molecule has 5 nitrogen and oxygen atoms in total. The van der Waals surface area contributed by atoms with Crippen LogP contribution in [0.4, 0.5) is 20.2 Å². The second-order valence-corrected chi connectivity index (χ2v) is 8.28. The average molecular weight is 440 g/mol. The fraction of sp³-hybridized carbons (Fsp3) is 0.200. The molecule has 4 rings (SSSR count). The number of hydrogen-bond acceptors (Lipinski definition) is 4. The van der Waals surface area contributed by atoms with Crippen LogP contribution in [0.15, 0.2) is 59.5 Å². The van der Waals surface area contributed by atoms with E-state index < -0.39 is 21.7 Å². The Morgan fingerprint density at radius 3 is 2.17 bits per heavy atom. The fourth-order valence-corrected chi connectivity index (χ4v) is 4.75. The average Bonchev–Trinajstić information content (AvgIpc) is 2.66. The Labute approximate surface area is 174 Å². The molecule has 9 heteroatoms. The molecule has 1 aliphatic rings. The summed E-state index contributed by atoms with van der Waals surface area (Å²) < 4.78 is 55.0. The van der Waals surface area contributed by atoms with E-state index in [9.17, 15) is 17.2 Å². The number of hydrogen-bond donors (Lipinski definition) is 2. The van der Waals surface area contributed by atoms with Crippen molar-refractivity contribution in [3.8, 4) is 0 Å². The van der Waals surface area contributed by atoms with Crippen molar-refractivity contribution in [2.45, 2.75) is 4.90 Å². The van der Waals surface area contributed by atoms with Crippen LogP contribution in [-0.4, -0.2) is 34.6 Å². The number of benzene rings is 3. The molecule has 0 aromatic heterocycles. The second kappa shape index (κ2) is 8.52. The molecule has 1 fully saturated rings. The molecule has 0 bridgehead atoms. The maximum Gasteiger partial charge on any atom is 0.262 e. The summed E-state index contributed by atoms with van der Waals surface area (Å²) in [6.07, 6.45) is 0. The van der Waals surface area contributed by atoms with E-state index in [1.165, 1.54) is 6.07 Å². The van der Waals surface area contributed by atoms with E-state index in [0.717, 1.165) is 49.4 Å². The van der Waals surface area contributed by atoms with Gasteiger partial charge in [0.2, 0.25) is 0 Å². The molecule has 3 aromatic carbocycles. The maximum atomic E-state index is 13.4. The fourth-order valence-electron chi connectivity index (χ4n) is 3.49. The summed E-state index contributed by atoms with van der Waals surface area (Å²) in [7, 11) is -4.04. The Bertz CT molecular complexity index is 1120. The van der Waals surface area contributed by atoms with Gasteiger partial charge in [0.05, 0.1) is 10.6 Å². The predicted molar refractivity (Wildman–Crippen MR) is 113 cm³/mol. The number of sulfonamides is 1. The number of rotatable bonds is 4. The maximum absolute atomic E-state index is 13.4. The minimum atomic E-state index is -4.04. The minimum Gasteiger partial charge on any atom is -0.368 e. The second-order valence-electron chi connectivity index (χ2n) is 6.63. The summed E-state index contributed by atoms with van der Waals surface area (Å²) in [5.41, 5.74) is 0.806. The first kappa shape index (κ1) is 21.3. The van der Waals surface area contributed by atoms with Crippen LogP contribution in [0.5, 0.6) is 0 Å². The van der Waals surface area contributed by atoms with E-state index in [1.807, 2.05) is 12.1 Å². The molecule has 0 amide bonds. The molecular weight excluding hydrogens is 420 g/mol. The van der Waals surface area contributed by atoms with Gasteiger partial charge in [-0.3, -0.25) is 4.72 Å². The highest BCUT2D eigenvalue weighted by Crippen LogP contribution is 2.33. The lowest BCUT2D eigenvalue weighted by Crippen LogP contribution is -2.43. The summed E-state index contributed by atoms with van der Waals surface area (Å²) in [5.74, 6) is -1.70. The van der Waals surface area contributed by atoms with Gasteiger partial charge < -0.3 is 10.2 Å². The quantitative estimate of drug-likeness (QED) is 0.650. The molecule has 3 aromatic rings. The lowest BCUT2D eigenvalue weighted by atomic mass is 10.1. The molecule has 2 N–H and O–H groups in total. The Morgan fingerprint density at radius 2 is 1.52 bits per heavy atom. The van der Waals surface area contributed by atoms with E-state index >= 15 is 0 Å². The third-order valence-electron chi connectivity index (χ3n) is 4.72. The smallest absolute Gasteiger partial charge is 0.262 e. The van der Waals surface area contributed by atoms with Gasteiger partial charge in [-0.25, -0.2) is 17.2 Å². The van der Waals surface area contributed by atoms with Gasteiger partial charge in [0, 0.05) is 48.7 Å². The topological polar surface area (TPSA) is 61.4 Å². The number of fused-ring (bicyclic) bond motifs is 1. The van der Waals surface area contributed by atoms with E-state index in [4.69, 9.17) is 0 Å². The Kier molecular flexibility index (Phi) is 6.26. The van der Waals surface area contributed by atoms with Gasteiger partial charge in [0.15, 0.2) is 0 Å². The molecule has 1 aliphatic heterocycles. The molecule has 0 aliphatic carbocycles. The summed E-state index contributed by atoms with van der Waals surface area (Å²) in [4.78, 5) is 2.27. The van der Waals surface area contributed by atoms with Gasteiger partial charge in [0.25, 0.3) is 10.0 Å². The van der Waals surface area contributed by atoms with Gasteiger partial charge >= 0.3 is 0 Å². The molecule has 29 heavy (non-hydrogen) atoms. The van der Waals surface area contributed by atoms with E-state index in [2.05, 4.69) is 14.9 Å². The first-order valence-electron chi connectivity index (χ1n) is 8.90. The monoisotopic (exact) mass is 439 g/mol. The van der Waals surface area contributed by atoms with Crippen LogP contribution in [0, 0.1) is 11.6 Å². The lowest BCUT2D eigenvalue weighted by molar-refractivity contribution is 0.584. The van der Waals surface area contributed by atoms with Crippen molar-refractivity contribution < 1.29 is 17.2 Å². The molecule has 1 heterocycles. The van der Waals surface area contributed by atoms with Crippen LogP contribution < -0.4 is 14.9 Å². The summed E-state index contributed by atoms with van der Waals surface area (Å²) >= 11 is 0. The van der Waals surface area contributed by atoms with Crippen LogP contribution in [0.2, 0.25) is 0 Å². The summed E-state index contributed by atoms with van der Waals surface area (Å²) in [6.45, 7) is 3.38. The minimum absolute atomic E-state index is 0. The molecular formula is C20H20ClF2N3O2S. The number of nitrogens with zero attached hydrogens (tertiary/aromatic N) is 1. The molecule has 1 saturated heterocycles. The molecule has 0 spiro atoms. The van der Waals surface area contributed by atoms with Crippen molar-refractivity contribution in [2.75, 3.05) is 35.8 Å². The highest BCUT2D eigenvalue weighted by Gasteiger charge is 2.21. The molecule has 0 unspecified atom stereocenters. The van der Waals surface area contributed by atoms with Crippen molar-refractivity contribution in [2.24, 2.45) is 0 Å². The van der Waals surface area contributed by atoms with Gasteiger partial charge in [-0.15, -0.1) is 12.4 Å². The lowest BCUT2D eigenvalue weighted by Gasteiger charge is -2.30. The first-order valence-corrected chi connectivity index (χ1v) is 10.4. The van der Waals surface area contributed by atoms with E-state index in [0.29, 0.717) is 11.5 Å². The van der Waals surface area contributed by atoms with Crippen LogP contribution in [0.1, 0.15) is 0 Å². The van der Waals surface area contributed by atoms with Crippen LogP contribution in [-0.2, 0) is 10.0 Å². The Hall–Kier alpha value is -2.42. The van der Waals surface area contributed by atoms with E-state index in [1.54, 1.807) is 18.2 Å². The summed E-state index contributed by atoms with van der Waals surface area (Å²) in [5, 5.41) is 4.67. The largest absolute Gasteiger partial charge is 0.368 e. The van der Waals surface area contributed by atoms with Gasteiger partial charge in [-0.2, -0.15) is 0 Å². The number of piperazine rings is 1. The van der Waals surface area contributed by atoms with Crippen molar-refractivity contribution >= 4 is 44.6 Å². The molecule has 0 radical (unpaired) electrons. The predicted octanol–water partition coefficient (Wildman–Crippen LogP) is 3.75. The number of halogens is 3. The van der Waals surface area contributed by atoms with Crippen molar-refractivity contribution in [1.82, 2.24) is 5.32 Å². The van der Waals surface area contributed by atoms with Gasteiger partial charge in [-0.1, -0.05) is 24.3 Å². The zero-order valence-electron chi connectivity index (χ0n) is 15.4. The number of anilines is 2. The van der Waals surface area contributed by atoms with Crippen molar-refractivity contribution in [3.63, 3.8) is 0 Å². The van der Waals surface area contributed by atoms with Crippen molar-refractivity contribution in [3.05, 3.63) is 66.2 Å². The van der Waals surface area contributed by atoms with Crippen molar-refractivity contribution in [1.29, 1.82) is 0 Å². The summed E-state index contributed by atoms with van der Waals surface area (Å²) in [6, 6.07) is 13.2. The number of nitrogens with one attached hydrogen (secondary N) is 2. The zero-order chi connectivity index (χ0) is 19.7. The third-order valence-corrected chi connectivity index (χ3v) is 6.16. The highest BCUT2D eigenvalue weighted by molar-refractivity contribution is 7.93. The normalized spacial score (nSPS) is 14.5. The van der Waals surface area contributed by atoms with Crippen LogP contribution in [0.25, 0.3) is 10.8 Å². The van der Waals surface area contributed by atoms with Gasteiger partial charge in [-0.05, 0) is 24.3 Å². The third kappa shape index (κ3) is 4.44. The van der Waals surface area contributed by atoms with Gasteiger partial charge in [0.1, 0.15) is 11.6 Å². The van der Waals surface area contributed by atoms with Crippen LogP contribution >= 0.6 is 12.4 Å². The Balaban J connectivity index is 0.00000240. The highest BCUT2D eigenvalue weighted by atomic mass is 35.5. The first-order chi connectivity index (χ1) is 13.4.